The molecule has 1 aromatic carbocycles. The lowest BCUT2D eigenvalue weighted by atomic mass is 10.0. The second-order valence-electron chi connectivity index (χ2n) is 7.14. The fraction of sp³-hybridized carbons (Fsp3) is 0.261. The predicted octanol–water partition coefficient (Wildman–Crippen LogP) is 4.71. The first kappa shape index (κ1) is 20.5. The maximum absolute atomic E-state index is 12.7. The van der Waals surface area contributed by atoms with Crippen LogP contribution in [0.1, 0.15) is 41.6 Å². The van der Waals surface area contributed by atoms with Crippen molar-refractivity contribution in [1.29, 1.82) is 0 Å². The van der Waals surface area contributed by atoms with Gasteiger partial charge in [0.15, 0.2) is 5.11 Å². The second-order valence-corrected chi connectivity index (χ2v) is 8.51. The summed E-state index contributed by atoms with van der Waals surface area (Å²) in [5, 5.41) is 9.20. The Morgan fingerprint density at radius 1 is 1.20 bits per heavy atom. The number of anilines is 1. The van der Waals surface area contributed by atoms with Gasteiger partial charge in [-0.1, -0.05) is 37.3 Å². The van der Waals surface area contributed by atoms with E-state index in [9.17, 15) is 4.79 Å². The first-order valence-electron chi connectivity index (χ1n) is 10.1. The fourth-order valence-electron chi connectivity index (χ4n) is 3.80. The number of carbonyl (C=O) groups excluding carboxylic acids is 1. The van der Waals surface area contributed by atoms with Crippen LogP contribution in [0.2, 0.25) is 0 Å². The summed E-state index contributed by atoms with van der Waals surface area (Å²) in [4.78, 5) is 20.5. The number of carbonyl (C=O) groups is 1. The molecular formula is C23H24N4OS2. The van der Waals surface area contributed by atoms with E-state index in [-0.39, 0.29) is 18.0 Å². The van der Waals surface area contributed by atoms with Gasteiger partial charge in [-0.05, 0) is 53.8 Å². The lowest BCUT2D eigenvalue weighted by Crippen LogP contribution is -2.32. The van der Waals surface area contributed by atoms with Gasteiger partial charge >= 0.3 is 0 Å². The van der Waals surface area contributed by atoms with Crippen molar-refractivity contribution in [1.82, 2.24) is 15.2 Å². The second kappa shape index (κ2) is 9.36. The molecule has 3 heterocycles. The van der Waals surface area contributed by atoms with Crippen molar-refractivity contribution in [2.45, 2.75) is 31.8 Å². The van der Waals surface area contributed by atoms with Crippen LogP contribution in [0.25, 0.3) is 0 Å². The van der Waals surface area contributed by atoms with Crippen LogP contribution in [-0.2, 0) is 11.2 Å². The third-order valence-electron chi connectivity index (χ3n) is 5.28. The van der Waals surface area contributed by atoms with Gasteiger partial charge in [-0.15, -0.1) is 11.3 Å². The maximum atomic E-state index is 12.7. The Kier molecular flexibility index (Phi) is 6.40. The van der Waals surface area contributed by atoms with Gasteiger partial charge in [0.2, 0.25) is 5.91 Å². The highest BCUT2D eigenvalue weighted by atomic mass is 32.1. The van der Waals surface area contributed by atoms with E-state index in [4.69, 9.17) is 12.2 Å². The molecule has 1 saturated heterocycles. The number of benzene rings is 1. The Labute approximate surface area is 186 Å². The van der Waals surface area contributed by atoms with Gasteiger partial charge in [-0.2, -0.15) is 0 Å². The molecular weight excluding hydrogens is 412 g/mol. The first-order valence-corrected chi connectivity index (χ1v) is 11.4. The van der Waals surface area contributed by atoms with Crippen LogP contribution in [0.4, 0.5) is 5.69 Å². The summed E-state index contributed by atoms with van der Waals surface area (Å²) in [6.45, 7) is 2.63. The minimum absolute atomic E-state index is 0.00934. The number of thiophene rings is 1. The lowest BCUT2D eigenvalue weighted by molar-refractivity contribution is -0.116. The van der Waals surface area contributed by atoms with Gasteiger partial charge in [-0.3, -0.25) is 9.78 Å². The Bertz CT molecular complexity index is 1010. The van der Waals surface area contributed by atoms with Crippen LogP contribution in [-0.4, -0.2) is 27.4 Å². The Balaban J connectivity index is 1.49. The molecule has 0 aliphatic carbocycles. The smallest absolute Gasteiger partial charge is 0.226 e. The van der Waals surface area contributed by atoms with E-state index in [1.54, 1.807) is 17.5 Å². The number of amides is 1. The number of rotatable bonds is 7. The zero-order chi connectivity index (χ0) is 20.9. The molecule has 2 atom stereocenters. The largest absolute Gasteiger partial charge is 0.352 e. The molecule has 0 bridgehead atoms. The van der Waals surface area contributed by atoms with Crippen LogP contribution in [0, 0.1) is 0 Å². The maximum Gasteiger partial charge on any atom is 0.226 e. The summed E-state index contributed by atoms with van der Waals surface area (Å²) in [6.07, 6.45) is 3.03. The number of nitrogens with zero attached hydrogens (tertiary/aromatic N) is 2. The summed E-state index contributed by atoms with van der Waals surface area (Å²) in [6, 6.07) is 18.0. The molecule has 30 heavy (non-hydrogen) atoms. The molecule has 1 aliphatic rings. The van der Waals surface area contributed by atoms with Gasteiger partial charge in [-0.25, -0.2) is 0 Å². The summed E-state index contributed by atoms with van der Waals surface area (Å²) in [5.41, 5.74) is 2.96. The molecule has 2 aromatic heterocycles. The number of thiocarbonyl (C=S) groups is 1. The van der Waals surface area contributed by atoms with Crippen molar-refractivity contribution in [3.63, 3.8) is 0 Å². The van der Waals surface area contributed by atoms with Crippen molar-refractivity contribution >= 4 is 40.3 Å². The molecule has 5 nitrogen and oxygen atoms in total. The van der Waals surface area contributed by atoms with Crippen LogP contribution in [0.15, 0.2) is 66.2 Å². The van der Waals surface area contributed by atoms with E-state index in [2.05, 4.69) is 38.9 Å². The SMILES string of the molecule is CCc1ccccc1NC(=O)CCN1C(=S)N[C@H](c2ccccn2)[C@@H]1c1cccs1. The number of pyridine rings is 1. The highest BCUT2D eigenvalue weighted by Gasteiger charge is 2.40. The molecule has 7 heteroatoms. The number of aromatic nitrogens is 1. The molecule has 1 amide bonds. The van der Waals surface area contributed by atoms with E-state index in [0.29, 0.717) is 18.1 Å². The minimum atomic E-state index is -0.0405. The Morgan fingerprint density at radius 3 is 2.77 bits per heavy atom. The van der Waals surface area contributed by atoms with E-state index in [1.807, 2.05) is 48.5 Å². The fourth-order valence-corrected chi connectivity index (χ4v) is 5.01. The standard InChI is InChI=1S/C23H24N4OS2/c1-2-16-8-3-4-9-17(16)25-20(28)12-14-27-22(19-11-7-15-30-19)21(26-23(27)29)18-10-5-6-13-24-18/h3-11,13,15,21-22H,2,12,14H2,1H3,(H,25,28)(H,26,29)/t21-,22+/m1/s1. The molecule has 4 rings (SSSR count). The minimum Gasteiger partial charge on any atom is -0.352 e. The van der Waals surface area contributed by atoms with Gasteiger partial charge in [0.05, 0.1) is 17.8 Å². The highest BCUT2D eigenvalue weighted by molar-refractivity contribution is 7.80. The number of para-hydroxylation sites is 1. The average Bonchev–Trinajstić information content (AvgIpc) is 3.41. The van der Waals surface area contributed by atoms with E-state index in [0.717, 1.165) is 23.4 Å². The first-order chi connectivity index (χ1) is 14.7. The predicted molar refractivity (Wildman–Crippen MR) is 126 cm³/mol. The summed E-state index contributed by atoms with van der Waals surface area (Å²) in [7, 11) is 0. The molecule has 0 radical (unpaired) electrons. The number of aryl methyl sites for hydroxylation is 1. The summed E-state index contributed by atoms with van der Waals surface area (Å²) >= 11 is 7.35. The molecule has 0 unspecified atom stereocenters. The quantitative estimate of drug-likeness (QED) is 0.526. The van der Waals surface area contributed by atoms with Crippen LogP contribution in [0.5, 0.6) is 0 Å². The van der Waals surface area contributed by atoms with Crippen molar-refractivity contribution in [2.24, 2.45) is 0 Å². The Hall–Kier alpha value is -2.77. The molecule has 0 spiro atoms. The number of hydrogen-bond donors (Lipinski definition) is 2. The van der Waals surface area contributed by atoms with Crippen LogP contribution < -0.4 is 10.6 Å². The average molecular weight is 437 g/mol. The molecule has 3 aromatic rings. The molecule has 2 N–H and O–H groups in total. The molecule has 0 saturated carbocycles. The molecule has 1 fully saturated rings. The van der Waals surface area contributed by atoms with Crippen molar-refractivity contribution in [3.8, 4) is 0 Å². The molecule has 154 valence electrons. The number of hydrogen-bond acceptors (Lipinski definition) is 4. The monoisotopic (exact) mass is 436 g/mol. The lowest BCUT2D eigenvalue weighted by Gasteiger charge is -2.26. The van der Waals surface area contributed by atoms with E-state index >= 15 is 0 Å². The Morgan fingerprint density at radius 2 is 2.03 bits per heavy atom. The van der Waals surface area contributed by atoms with Crippen LogP contribution >= 0.6 is 23.6 Å². The topological polar surface area (TPSA) is 57.3 Å². The van der Waals surface area contributed by atoms with Crippen molar-refractivity contribution in [3.05, 3.63) is 82.3 Å². The zero-order valence-corrected chi connectivity index (χ0v) is 18.4. The van der Waals surface area contributed by atoms with Crippen molar-refractivity contribution in [2.75, 3.05) is 11.9 Å². The summed E-state index contributed by atoms with van der Waals surface area (Å²) in [5.74, 6) is -0.00934. The summed E-state index contributed by atoms with van der Waals surface area (Å²) < 4.78 is 0. The van der Waals surface area contributed by atoms with Gasteiger partial charge in [0, 0.05) is 29.7 Å². The third-order valence-corrected chi connectivity index (χ3v) is 6.58. The normalized spacial score (nSPS) is 18.3. The van der Waals surface area contributed by atoms with E-state index in [1.165, 1.54) is 4.88 Å². The van der Waals surface area contributed by atoms with E-state index < -0.39 is 0 Å². The molecule has 1 aliphatic heterocycles. The van der Waals surface area contributed by atoms with Gasteiger partial charge in [0.1, 0.15) is 0 Å². The van der Waals surface area contributed by atoms with Gasteiger partial charge < -0.3 is 15.5 Å². The third kappa shape index (κ3) is 4.37. The highest BCUT2D eigenvalue weighted by Crippen LogP contribution is 2.40. The van der Waals surface area contributed by atoms with Crippen molar-refractivity contribution < 1.29 is 4.79 Å². The zero-order valence-electron chi connectivity index (χ0n) is 16.7. The van der Waals surface area contributed by atoms with Gasteiger partial charge in [0.25, 0.3) is 0 Å². The van der Waals surface area contributed by atoms with Crippen LogP contribution in [0.3, 0.4) is 0 Å². The number of nitrogens with one attached hydrogen (secondary N) is 2.